The van der Waals surface area contributed by atoms with Gasteiger partial charge < -0.3 is 4.74 Å². The Labute approximate surface area is 185 Å². The molecule has 4 nitrogen and oxygen atoms in total. The number of rotatable bonds is 6. The molecule has 0 saturated heterocycles. The third-order valence-corrected chi connectivity index (χ3v) is 5.83. The molecule has 1 heterocycles. The first-order valence-electron chi connectivity index (χ1n) is 9.91. The van der Waals surface area contributed by atoms with E-state index in [9.17, 15) is 9.59 Å². The Balaban J connectivity index is 1.37. The van der Waals surface area contributed by atoms with E-state index < -0.39 is 5.97 Å². The number of ketones is 1. The standard InChI is InChI=1S/C26H21NO3S/c1-17-25(27-18(2)31-17)22-12-14-23(15-13-22)26(29)30-16-24(28)21-10-8-20(9-11-21)19-6-4-3-5-7-19/h3-15H,16H2,1-2H3. The second kappa shape index (κ2) is 9.06. The number of carbonyl (C=O) groups is 2. The maximum Gasteiger partial charge on any atom is 0.338 e. The lowest BCUT2D eigenvalue weighted by atomic mass is 10.0. The van der Waals surface area contributed by atoms with E-state index in [2.05, 4.69) is 4.98 Å². The van der Waals surface area contributed by atoms with Crippen LogP contribution in [0.3, 0.4) is 0 Å². The van der Waals surface area contributed by atoms with Gasteiger partial charge in [-0.2, -0.15) is 0 Å². The number of nitrogens with zero attached hydrogens (tertiary/aromatic N) is 1. The van der Waals surface area contributed by atoms with E-state index in [0.717, 1.165) is 32.3 Å². The smallest absolute Gasteiger partial charge is 0.338 e. The number of hydrogen-bond donors (Lipinski definition) is 0. The van der Waals surface area contributed by atoms with Crippen molar-refractivity contribution in [1.82, 2.24) is 4.98 Å². The van der Waals surface area contributed by atoms with Gasteiger partial charge in [-0.1, -0.05) is 66.7 Å². The Morgan fingerprint density at radius 1 is 0.774 bits per heavy atom. The number of ether oxygens (including phenoxy) is 1. The topological polar surface area (TPSA) is 56.3 Å². The molecule has 0 aliphatic rings. The number of hydrogen-bond acceptors (Lipinski definition) is 5. The van der Waals surface area contributed by atoms with Crippen molar-refractivity contribution in [2.45, 2.75) is 13.8 Å². The Morgan fingerprint density at radius 3 is 1.97 bits per heavy atom. The van der Waals surface area contributed by atoms with Crippen molar-refractivity contribution in [3.8, 4) is 22.4 Å². The molecule has 0 amide bonds. The van der Waals surface area contributed by atoms with Crippen LogP contribution in [0.1, 0.15) is 30.6 Å². The van der Waals surface area contributed by atoms with E-state index in [4.69, 9.17) is 4.74 Å². The number of esters is 1. The molecule has 0 atom stereocenters. The van der Waals surface area contributed by atoms with Gasteiger partial charge in [-0.05, 0) is 37.1 Å². The van der Waals surface area contributed by atoms with Crippen molar-refractivity contribution in [3.63, 3.8) is 0 Å². The highest BCUT2D eigenvalue weighted by Crippen LogP contribution is 2.27. The average Bonchev–Trinajstić information content (AvgIpc) is 3.15. The summed E-state index contributed by atoms with van der Waals surface area (Å²) in [5.41, 5.74) is 4.90. The van der Waals surface area contributed by atoms with E-state index in [1.165, 1.54) is 0 Å². The predicted octanol–water partition coefficient (Wildman–Crippen LogP) is 6.13. The van der Waals surface area contributed by atoms with E-state index in [1.54, 1.807) is 35.6 Å². The van der Waals surface area contributed by atoms with Crippen molar-refractivity contribution in [3.05, 3.63) is 99.9 Å². The molecule has 0 aliphatic heterocycles. The van der Waals surface area contributed by atoms with Gasteiger partial charge in [0.1, 0.15) is 0 Å². The van der Waals surface area contributed by atoms with Gasteiger partial charge in [0, 0.05) is 16.0 Å². The number of benzene rings is 3. The maximum atomic E-state index is 12.4. The summed E-state index contributed by atoms with van der Waals surface area (Å²) in [5.74, 6) is -0.759. The van der Waals surface area contributed by atoms with Crippen LogP contribution in [-0.4, -0.2) is 23.3 Å². The minimum atomic E-state index is -0.521. The van der Waals surface area contributed by atoms with Crippen LogP contribution in [0.15, 0.2) is 78.9 Å². The molecule has 154 valence electrons. The molecule has 0 fully saturated rings. The molecule has 0 spiro atoms. The number of carbonyl (C=O) groups excluding carboxylic acids is 2. The summed E-state index contributed by atoms with van der Waals surface area (Å²) in [5, 5.41) is 1.01. The fraction of sp³-hybridized carbons (Fsp3) is 0.115. The Morgan fingerprint density at radius 2 is 1.35 bits per heavy atom. The normalized spacial score (nSPS) is 10.6. The maximum absolute atomic E-state index is 12.4. The summed E-state index contributed by atoms with van der Waals surface area (Å²) in [6, 6.07) is 24.3. The third kappa shape index (κ3) is 4.78. The zero-order valence-electron chi connectivity index (χ0n) is 17.3. The lowest BCUT2D eigenvalue weighted by molar-refractivity contribution is 0.0475. The molecule has 3 aromatic carbocycles. The van der Waals surface area contributed by atoms with E-state index in [-0.39, 0.29) is 12.4 Å². The first-order valence-corrected chi connectivity index (χ1v) is 10.7. The SMILES string of the molecule is Cc1nc(-c2ccc(C(=O)OCC(=O)c3ccc(-c4ccccc4)cc3)cc2)c(C)s1. The van der Waals surface area contributed by atoms with E-state index >= 15 is 0 Å². The lowest BCUT2D eigenvalue weighted by Gasteiger charge is -2.07. The summed E-state index contributed by atoms with van der Waals surface area (Å²) in [6.45, 7) is 3.70. The van der Waals surface area contributed by atoms with Crippen molar-refractivity contribution in [2.75, 3.05) is 6.61 Å². The number of Topliss-reactive ketones (excluding diaryl/α,β-unsaturated/α-hetero) is 1. The molecule has 0 N–H and O–H groups in total. The predicted molar refractivity (Wildman–Crippen MR) is 124 cm³/mol. The summed E-state index contributed by atoms with van der Waals surface area (Å²) < 4.78 is 5.23. The van der Waals surface area contributed by atoms with Crippen LogP contribution in [0.2, 0.25) is 0 Å². The van der Waals surface area contributed by atoms with Crippen LogP contribution in [-0.2, 0) is 4.74 Å². The van der Waals surface area contributed by atoms with Gasteiger partial charge in [-0.3, -0.25) is 4.79 Å². The molecule has 4 aromatic rings. The second-order valence-electron chi connectivity index (χ2n) is 7.16. The molecule has 0 radical (unpaired) electrons. The fourth-order valence-electron chi connectivity index (χ4n) is 3.34. The lowest BCUT2D eigenvalue weighted by Crippen LogP contribution is -2.14. The van der Waals surface area contributed by atoms with Gasteiger partial charge in [-0.15, -0.1) is 11.3 Å². The highest BCUT2D eigenvalue weighted by Gasteiger charge is 2.13. The zero-order valence-corrected chi connectivity index (χ0v) is 18.1. The monoisotopic (exact) mass is 427 g/mol. The van der Waals surface area contributed by atoms with Crippen LogP contribution in [0.5, 0.6) is 0 Å². The van der Waals surface area contributed by atoms with Crippen molar-refractivity contribution < 1.29 is 14.3 Å². The largest absolute Gasteiger partial charge is 0.454 e. The van der Waals surface area contributed by atoms with Crippen LogP contribution >= 0.6 is 11.3 Å². The zero-order chi connectivity index (χ0) is 21.8. The van der Waals surface area contributed by atoms with Crippen molar-refractivity contribution >= 4 is 23.1 Å². The van der Waals surface area contributed by atoms with Gasteiger partial charge in [0.05, 0.1) is 16.3 Å². The van der Waals surface area contributed by atoms with Crippen molar-refractivity contribution in [1.29, 1.82) is 0 Å². The van der Waals surface area contributed by atoms with Gasteiger partial charge >= 0.3 is 5.97 Å². The Kier molecular flexibility index (Phi) is 6.05. The quantitative estimate of drug-likeness (QED) is 0.274. The summed E-state index contributed by atoms with van der Waals surface area (Å²) >= 11 is 1.64. The third-order valence-electron chi connectivity index (χ3n) is 4.95. The second-order valence-corrected chi connectivity index (χ2v) is 8.57. The molecule has 0 bridgehead atoms. The molecular formula is C26H21NO3S. The summed E-state index contributed by atoms with van der Waals surface area (Å²) in [4.78, 5) is 30.4. The molecule has 31 heavy (non-hydrogen) atoms. The van der Waals surface area contributed by atoms with Crippen LogP contribution in [0, 0.1) is 13.8 Å². The average molecular weight is 428 g/mol. The van der Waals surface area contributed by atoms with E-state index in [1.807, 2.05) is 68.4 Å². The highest BCUT2D eigenvalue weighted by molar-refractivity contribution is 7.11. The Bertz CT molecular complexity index is 1210. The fourth-order valence-corrected chi connectivity index (χ4v) is 4.18. The Hall–Kier alpha value is -3.57. The van der Waals surface area contributed by atoms with Crippen LogP contribution < -0.4 is 0 Å². The summed E-state index contributed by atoms with van der Waals surface area (Å²) in [6.07, 6.45) is 0. The first-order chi connectivity index (χ1) is 15.0. The molecule has 1 aromatic heterocycles. The molecule has 5 heteroatoms. The minimum Gasteiger partial charge on any atom is -0.454 e. The minimum absolute atomic E-state index is 0.238. The van der Waals surface area contributed by atoms with Gasteiger partial charge in [-0.25, -0.2) is 9.78 Å². The molecular weight excluding hydrogens is 406 g/mol. The van der Waals surface area contributed by atoms with Gasteiger partial charge in [0.15, 0.2) is 12.4 Å². The van der Waals surface area contributed by atoms with Crippen LogP contribution in [0.25, 0.3) is 22.4 Å². The number of aryl methyl sites for hydroxylation is 2. The van der Waals surface area contributed by atoms with E-state index in [0.29, 0.717) is 11.1 Å². The highest BCUT2D eigenvalue weighted by atomic mass is 32.1. The molecule has 0 saturated carbocycles. The van der Waals surface area contributed by atoms with Crippen LogP contribution in [0.4, 0.5) is 0 Å². The molecule has 0 unspecified atom stereocenters. The first kappa shape index (κ1) is 20.7. The molecule has 0 aliphatic carbocycles. The van der Waals surface area contributed by atoms with Gasteiger partial charge in [0.25, 0.3) is 0 Å². The van der Waals surface area contributed by atoms with Gasteiger partial charge in [0.2, 0.25) is 0 Å². The molecule has 4 rings (SSSR count). The number of thiazole rings is 1. The van der Waals surface area contributed by atoms with Crippen molar-refractivity contribution in [2.24, 2.45) is 0 Å². The number of aromatic nitrogens is 1. The summed E-state index contributed by atoms with van der Waals surface area (Å²) in [7, 11) is 0.